The van der Waals surface area contributed by atoms with Gasteiger partial charge in [0.2, 0.25) is 10.0 Å². The molecule has 0 spiro atoms. The molecule has 1 fully saturated rings. The maximum absolute atomic E-state index is 12.2. The van der Waals surface area contributed by atoms with Gasteiger partial charge in [-0.15, -0.1) is 6.58 Å². The molecule has 5 nitrogen and oxygen atoms in total. The minimum atomic E-state index is -3.80. The molecule has 0 aromatic heterocycles. The predicted octanol–water partition coefficient (Wildman–Crippen LogP) is 1.70. The van der Waals surface area contributed by atoms with Crippen LogP contribution in [0.1, 0.15) is 24.8 Å². The molecule has 1 aliphatic carbocycles. The molecule has 1 aromatic rings. The Morgan fingerprint density at radius 2 is 2.15 bits per heavy atom. The Morgan fingerprint density at radius 1 is 1.45 bits per heavy atom. The molecule has 1 aromatic carbocycles. The highest BCUT2D eigenvalue weighted by atomic mass is 32.2. The number of nitrogens with one attached hydrogen (secondary N) is 1. The summed E-state index contributed by atoms with van der Waals surface area (Å²) in [6, 6.07) is 6.54. The van der Waals surface area contributed by atoms with Crippen LogP contribution in [0.2, 0.25) is 0 Å². The number of aryl methyl sites for hydroxylation is 1. The zero-order valence-corrected chi connectivity index (χ0v) is 11.8. The number of benzene rings is 1. The summed E-state index contributed by atoms with van der Waals surface area (Å²) in [5, 5.41) is 9.05. The minimum Gasteiger partial charge on any atom is -0.480 e. The molecule has 1 aliphatic rings. The normalized spacial score (nSPS) is 16.6. The molecule has 2 N–H and O–H groups in total. The molecule has 0 heterocycles. The van der Waals surface area contributed by atoms with Crippen molar-refractivity contribution in [1.82, 2.24) is 4.72 Å². The van der Waals surface area contributed by atoms with Crippen LogP contribution in [0.25, 0.3) is 0 Å². The maximum atomic E-state index is 12.2. The van der Waals surface area contributed by atoms with E-state index in [4.69, 9.17) is 5.11 Å². The number of allylic oxidation sites excluding steroid dienone is 1. The van der Waals surface area contributed by atoms with Crippen molar-refractivity contribution in [3.63, 3.8) is 0 Å². The number of carboxylic acids is 1. The number of carboxylic acid groups (broad SMARTS) is 1. The molecule has 108 valence electrons. The monoisotopic (exact) mass is 295 g/mol. The first-order chi connectivity index (χ1) is 9.39. The first-order valence-electron chi connectivity index (χ1n) is 6.37. The van der Waals surface area contributed by atoms with Crippen LogP contribution in [-0.2, 0) is 21.2 Å². The van der Waals surface area contributed by atoms with Crippen molar-refractivity contribution in [1.29, 1.82) is 0 Å². The molecular weight excluding hydrogens is 278 g/mol. The Bertz CT molecular complexity index is 632. The molecule has 0 aliphatic heterocycles. The number of hydrogen-bond acceptors (Lipinski definition) is 3. The van der Waals surface area contributed by atoms with Crippen molar-refractivity contribution in [3.8, 4) is 0 Å². The lowest BCUT2D eigenvalue weighted by Crippen LogP contribution is -2.42. The van der Waals surface area contributed by atoms with Crippen molar-refractivity contribution >= 4 is 16.0 Å². The number of sulfonamides is 1. The second kappa shape index (κ2) is 5.38. The Hall–Kier alpha value is -1.66. The maximum Gasteiger partial charge on any atom is 0.324 e. The molecule has 0 unspecified atom stereocenters. The smallest absolute Gasteiger partial charge is 0.324 e. The van der Waals surface area contributed by atoms with E-state index >= 15 is 0 Å². The van der Waals surface area contributed by atoms with Gasteiger partial charge in [-0.2, -0.15) is 4.72 Å². The molecule has 2 rings (SSSR count). The fraction of sp³-hybridized carbons (Fsp3) is 0.357. The molecular formula is C14H17NO4S. The lowest BCUT2D eigenvalue weighted by atomic mass is 10.1. The summed E-state index contributed by atoms with van der Waals surface area (Å²) in [7, 11) is -3.80. The number of hydrogen-bond donors (Lipinski definition) is 2. The lowest BCUT2D eigenvalue weighted by Gasteiger charge is -2.13. The van der Waals surface area contributed by atoms with E-state index in [2.05, 4.69) is 11.3 Å². The highest BCUT2D eigenvalue weighted by Gasteiger charge is 2.53. The second-order valence-electron chi connectivity index (χ2n) is 4.97. The van der Waals surface area contributed by atoms with Crippen LogP contribution in [0.3, 0.4) is 0 Å². The Kier molecular flexibility index (Phi) is 3.96. The Morgan fingerprint density at radius 3 is 2.70 bits per heavy atom. The van der Waals surface area contributed by atoms with Crippen LogP contribution in [0, 0.1) is 0 Å². The zero-order chi connectivity index (χ0) is 14.8. The van der Waals surface area contributed by atoms with E-state index in [1.54, 1.807) is 18.2 Å². The largest absolute Gasteiger partial charge is 0.480 e. The third-order valence-electron chi connectivity index (χ3n) is 3.34. The molecule has 0 bridgehead atoms. The van der Waals surface area contributed by atoms with Gasteiger partial charge in [0.05, 0.1) is 4.90 Å². The summed E-state index contributed by atoms with van der Waals surface area (Å²) in [6.07, 6.45) is 3.89. The summed E-state index contributed by atoms with van der Waals surface area (Å²) in [6.45, 7) is 3.63. The van der Waals surface area contributed by atoms with Crippen molar-refractivity contribution in [3.05, 3.63) is 42.5 Å². The van der Waals surface area contributed by atoms with Gasteiger partial charge in [0.15, 0.2) is 0 Å². The fourth-order valence-electron chi connectivity index (χ4n) is 1.94. The highest BCUT2D eigenvalue weighted by molar-refractivity contribution is 7.89. The van der Waals surface area contributed by atoms with E-state index < -0.39 is 21.5 Å². The summed E-state index contributed by atoms with van der Waals surface area (Å²) >= 11 is 0. The van der Waals surface area contributed by atoms with Gasteiger partial charge in [-0.3, -0.25) is 4.79 Å². The number of aliphatic carboxylic acids is 1. The van der Waals surface area contributed by atoms with E-state index in [9.17, 15) is 13.2 Å². The summed E-state index contributed by atoms with van der Waals surface area (Å²) < 4.78 is 26.7. The van der Waals surface area contributed by atoms with Gasteiger partial charge in [0, 0.05) is 0 Å². The first-order valence-corrected chi connectivity index (χ1v) is 7.85. The highest BCUT2D eigenvalue weighted by Crippen LogP contribution is 2.37. The molecule has 1 saturated carbocycles. The number of carbonyl (C=O) groups is 1. The van der Waals surface area contributed by atoms with E-state index in [1.165, 1.54) is 6.07 Å². The standard InChI is InChI=1S/C14H17NO4S/c1-2-3-5-11-6-4-7-12(10-11)20(18,19)15-14(8-9-14)13(16)17/h2,4,6-7,10,15H,1,3,5,8-9H2,(H,16,17). The van der Waals surface area contributed by atoms with Crippen LogP contribution < -0.4 is 4.72 Å². The summed E-state index contributed by atoms with van der Waals surface area (Å²) in [5.41, 5.74) is -0.427. The van der Waals surface area contributed by atoms with E-state index in [0.29, 0.717) is 19.3 Å². The average molecular weight is 295 g/mol. The van der Waals surface area contributed by atoms with Crippen molar-refractivity contribution < 1.29 is 18.3 Å². The molecule has 0 saturated heterocycles. The summed E-state index contributed by atoms with van der Waals surface area (Å²) in [5.74, 6) is -1.12. The third-order valence-corrected chi connectivity index (χ3v) is 4.87. The van der Waals surface area contributed by atoms with Gasteiger partial charge >= 0.3 is 5.97 Å². The molecule has 0 amide bonds. The van der Waals surface area contributed by atoms with Crippen LogP contribution in [-0.4, -0.2) is 25.0 Å². The number of rotatable bonds is 7. The van der Waals surface area contributed by atoms with Crippen molar-refractivity contribution in [2.75, 3.05) is 0 Å². The van der Waals surface area contributed by atoms with Crippen LogP contribution in [0.5, 0.6) is 0 Å². The van der Waals surface area contributed by atoms with E-state index in [1.807, 2.05) is 6.07 Å². The lowest BCUT2D eigenvalue weighted by molar-refractivity contribution is -0.140. The zero-order valence-electron chi connectivity index (χ0n) is 11.0. The predicted molar refractivity (Wildman–Crippen MR) is 74.9 cm³/mol. The Balaban J connectivity index is 2.21. The van der Waals surface area contributed by atoms with Gasteiger partial charge in [0.25, 0.3) is 0 Å². The van der Waals surface area contributed by atoms with Gasteiger partial charge in [-0.25, -0.2) is 8.42 Å². The third kappa shape index (κ3) is 3.08. The van der Waals surface area contributed by atoms with Crippen LogP contribution in [0.4, 0.5) is 0 Å². The van der Waals surface area contributed by atoms with Crippen LogP contribution >= 0.6 is 0 Å². The van der Waals surface area contributed by atoms with Gasteiger partial charge in [-0.05, 0) is 43.4 Å². The molecule has 0 atom stereocenters. The van der Waals surface area contributed by atoms with Crippen molar-refractivity contribution in [2.45, 2.75) is 36.1 Å². The second-order valence-corrected chi connectivity index (χ2v) is 6.65. The van der Waals surface area contributed by atoms with Gasteiger partial charge < -0.3 is 5.11 Å². The molecule has 0 radical (unpaired) electrons. The summed E-state index contributed by atoms with van der Waals surface area (Å²) in [4.78, 5) is 11.2. The SMILES string of the molecule is C=CCCc1cccc(S(=O)(=O)NC2(C(=O)O)CC2)c1. The van der Waals surface area contributed by atoms with Crippen LogP contribution in [0.15, 0.2) is 41.8 Å². The molecule has 20 heavy (non-hydrogen) atoms. The van der Waals surface area contributed by atoms with Crippen molar-refractivity contribution in [2.24, 2.45) is 0 Å². The molecule has 6 heteroatoms. The quantitative estimate of drug-likeness (QED) is 0.750. The van der Waals surface area contributed by atoms with E-state index in [0.717, 1.165) is 12.0 Å². The van der Waals surface area contributed by atoms with Gasteiger partial charge in [-0.1, -0.05) is 18.2 Å². The first kappa shape index (κ1) is 14.7. The Labute approximate surface area is 118 Å². The fourth-order valence-corrected chi connectivity index (χ4v) is 3.43. The van der Waals surface area contributed by atoms with Gasteiger partial charge in [0.1, 0.15) is 5.54 Å². The average Bonchev–Trinajstić information content (AvgIpc) is 3.17. The topological polar surface area (TPSA) is 83.5 Å². The minimum absolute atomic E-state index is 0.103. The van der Waals surface area contributed by atoms with E-state index in [-0.39, 0.29) is 4.90 Å².